The second kappa shape index (κ2) is 3.70. The van der Waals surface area contributed by atoms with E-state index in [0.717, 1.165) is 6.42 Å². The van der Waals surface area contributed by atoms with Crippen LogP contribution in [-0.4, -0.2) is 11.6 Å². The van der Waals surface area contributed by atoms with Crippen LogP contribution in [0.4, 0.5) is 4.39 Å². The number of hydrogen-bond donors (Lipinski definition) is 0. The molecule has 0 aromatic rings. The first-order valence-electron chi connectivity index (χ1n) is 4.14. The van der Waals surface area contributed by atoms with E-state index < -0.39 is 5.67 Å². The Labute approximate surface area is 71.4 Å². The highest BCUT2D eigenvalue weighted by atomic mass is 19.1. The zero-order valence-electron chi connectivity index (χ0n) is 7.18. The van der Waals surface area contributed by atoms with Gasteiger partial charge in [-0.25, -0.2) is 4.39 Å². The van der Waals surface area contributed by atoms with Crippen molar-refractivity contribution in [1.82, 2.24) is 0 Å². The fourth-order valence-electron chi connectivity index (χ4n) is 1.17. The summed E-state index contributed by atoms with van der Waals surface area (Å²) in [6, 6.07) is 0. The molecule has 3 heteroatoms. The van der Waals surface area contributed by atoms with Crippen molar-refractivity contribution >= 4 is 5.97 Å². The third-order valence-corrected chi connectivity index (χ3v) is 2.06. The molecule has 0 amide bonds. The van der Waals surface area contributed by atoms with E-state index in [4.69, 9.17) is 0 Å². The number of allylic oxidation sites excluding steroid dienone is 1. The van der Waals surface area contributed by atoms with E-state index in [1.807, 2.05) is 0 Å². The van der Waals surface area contributed by atoms with Crippen molar-refractivity contribution in [2.75, 3.05) is 0 Å². The topological polar surface area (TPSA) is 26.3 Å². The average Bonchev–Trinajstić information content (AvgIpc) is 1.94. The summed E-state index contributed by atoms with van der Waals surface area (Å²) in [7, 11) is 0. The van der Waals surface area contributed by atoms with Crippen molar-refractivity contribution in [3.63, 3.8) is 0 Å². The van der Waals surface area contributed by atoms with Crippen LogP contribution in [0.2, 0.25) is 0 Å². The van der Waals surface area contributed by atoms with Crippen LogP contribution >= 0.6 is 0 Å². The molecule has 1 fully saturated rings. The summed E-state index contributed by atoms with van der Waals surface area (Å²) in [6.45, 7) is 1.32. The summed E-state index contributed by atoms with van der Waals surface area (Å²) in [6.07, 6.45) is 5.44. The zero-order chi connectivity index (χ0) is 9.03. The van der Waals surface area contributed by atoms with Crippen molar-refractivity contribution in [1.29, 1.82) is 0 Å². The molecule has 0 atom stereocenters. The Morgan fingerprint density at radius 1 is 1.67 bits per heavy atom. The number of esters is 1. The van der Waals surface area contributed by atoms with E-state index in [0.29, 0.717) is 19.3 Å². The van der Waals surface area contributed by atoms with Gasteiger partial charge in [0.05, 0.1) is 6.26 Å². The van der Waals surface area contributed by atoms with Gasteiger partial charge in [-0.05, 0) is 25.3 Å². The first kappa shape index (κ1) is 9.23. The lowest BCUT2D eigenvalue weighted by atomic mass is 9.80. The Hall–Kier alpha value is -0.860. The molecule has 0 heterocycles. The van der Waals surface area contributed by atoms with Gasteiger partial charge in [-0.1, -0.05) is 0 Å². The molecule has 2 nitrogen and oxygen atoms in total. The van der Waals surface area contributed by atoms with E-state index in [9.17, 15) is 9.18 Å². The van der Waals surface area contributed by atoms with E-state index >= 15 is 0 Å². The fourth-order valence-corrected chi connectivity index (χ4v) is 1.17. The number of carbonyl (C=O) groups excluding carboxylic acids is 1. The van der Waals surface area contributed by atoms with Gasteiger partial charge in [0.1, 0.15) is 5.67 Å². The van der Waals surface area contributed by atoms with Crippen LogP contribution in [-0.2, 0) is 9.53 Å². The molecule has 0 N–H and O–H groups in total. The minimum atomic E-state index is -1.02. The Balaban J connectivity index is 2.16. The van der Waals surface area contributed by atoms with E-state index in [1.54, 1.807) is 6.08 Å². The molecule has 1 aliphatic carbocycles. The van der Waals surface area contributed by atoms with Crippen LogP contribution in [0.3, 0.4) is 0 Å². The lowest BCUT2D eigenvalue weighted by Gasteiger charge is -2.32. The van der Waals surface area contributed by atoms with Crippen molar-refractivity contribution in [2.45, 2.75) is 38.3 Å². The molecule has 0 radical (unpaired) electrons. The predicted octanol–water partition coefficient (Wildman–Crippen LogP) is 2.35. The molecule has 1 aliphatic rings. The highest BCUT2D eigenvalue weighted by Gasteiger charge is 2.35. The zero-order valence-corrected chi connectivity index (χ0v) is 7.18. The SMILES string of the molecule is CC(=O)O/C=C/CC1(F)CCC1. The predicted molar refractivity (Wildman–Crippen MR) is 43.2 cm³/mol. The second-order valence-corrected chi connectivity index (χ2v) is 3.19. The maximum Gasteiger partial charge on any atom is 0.307 e. The van der Waals surface area contributed by atoms with E-state index in [-0.39, 0.29) is 5.97 Å². The van der Waals surface area contributed by atoms with Crippen LogP contribution in [0.25, 0.3) is 0 Å². The molecule has 0 unspecified atom stereocenters. The lowest BCUT2D eigenvalue weighted by molar-refractivity contribution is -0.135. The van der Waals surface area contributed by atoms with Gasteiger partial charge >= 0.3 is 5.97 Å². The smallest absolute Gasteiger partial charge is 0.307 e. The average molecular weight is 172 g/mol. The van der Waals surface area contributed by atoms with Gasteiger partial charge in [-0.15, -0.1) is 0 Å². The Morgan fingerprint density at radius 2 is 2.33 bits per heavy atom. The molecule has 0 spiro atoms. The molecular formula is C9H13FO2. The van der Waals surface area contributed by atoms with Crippen LogP contribution in [0.15, 0.2) is 12.3 Å². The summed E-state index contributed by atoms with van der Waals surface area (Å²) in [5, 5.41) is 0. The lowest BCUT2D eigenvalue weighted by Crippen LogP contribution is -2.30. The van der Waals surface area contributed by atoms with Gasteiger partial charge in [0.15, 0.2) is 0 Å². The third kappa shape index (κ3) is 2.64. The summed E-state index contributed by atoms with van der Waals surface area (Å²) < 4.78 is 17.8. The minimum absolute atomic E-state index is 0.361. The van der Waals surface area contributed by atoms with E-state index in [1.165, 1.54) is 13.2 Å². The fraction of sp³-hybridized carbons (Fsp3) is 0.667. The van der Waals surface area contributed by atoms with Gasteiger partial charge in [0.25, 0.3) is 0 Å². The summed E-state index contributed by atoms with van der Waals surface area (Å²) in [5.41, 5.74) is -1.02. The first-order chi connectivity index (χ1) is 5.62. The molecule has 0 saturated heterocycles. The Kier molecular flexibility index (Phi) is 2.84. The normalized spacial score (nSPS) is 20.5. The van der Waals surface area contributed by atoms with E-state index in [2.05, 4.69) is 4.74 Å². The molecular weight excluding hydrogens is 159 g/mol. The van der Waals surface area contributed by atoms with Crippen molar-refractivity contribution in [2.24, 2.45) is 0 Å². The second-order valence-electron chi connectivity index (χ2n) is 3.19. The molecule has 68 valence electrons. The molecule has 1 rings (SSSR count). The molecule has 0 aromatic heterocycles. The molecule has 1 saturated carbocycles. The van der Waals surface area contributed by atoms with Gasteiger partial charge in [-0.2, -0.15) is 0 Å². The third-order valence-electron chi connectivity index (χ3n) is 2.06. The highest BCUT2D eigenvalue weighted by Crippen LogP contribution is 2.38. The van der Waals surface area contributed by atoms with Crippen molar-refractivity contribution in [3.8, 4) is 0 Å². The maximum absolute atomic E-state index is 13.2. The van der Waals surface area contributed by atoms with Gasteiger partial charge in [0.2, 0.25) is 0 Å². The summed E-state index contributed by atoms with van der Waals surface area (Å²) in [4.78, 5) is 10.3. The molecule has 0 bridgehead atoms. The number of rotatable bonds is 3. The summed E-state index contributed by atoms with van der Waals surface area (Å²) >= 11 is 0. The molecule has 12 heavy (non-hydrogen) atoms. The Bertz CT molecular complexity index is 195. The minimum Gasteiger partial charge on any atom is -0.435 e. The standard InChI is InChI=1S/C9H13FO2/c1-8(11)12-7-3-6-9(10)4-2-5-9/h3,7H,2,4-6H2,1H3/b7-3+. The number of carbonyl (C=O) groups is 1. The molecule has 0 aromatic carbocycles. The monoisotopic (exact) mass is 172 g/mol. The van der Waals surface area contributed by atoms with Crippen molar-refractivity contribution in [3.05, 3.63) is 12.3 Å². The number of hydrogen-bond acceptors (Lipinski definition) is 2. The van der Waals surface area contributed by atoms with Gasteiger partial charge in [-0.3, -0.25) is 4.79 Å². The summed E-state index contributed by atoms with van der Waals surface area (Å²) in [5.74, 6) is -0.368. The van der Waals surface area contributed by atoms with Crippen LogP contribution < -0.4 is 0 Å². The van der Waals surface area contributed by atoms with Gasteiger partial charge in [0, 0.05) is 13.3 Å². The highest BCUT2D eigenvalue weighted by molar-refractivity contribution is 5.66. The van der Waals surface area contributed by atoms with Crippen LogP contribution in [0, 0.1) is 0 Å². The van der Waals surface area contributed by atoms with Crippen molar-refractivity contribution < 1.29 is 13.9 Å². The molecule has 0 aliphatic heterocycles. The number of alkyl halides is 1. The quantitative estimate of drug-likeness (QED) is 0.482. The number of halogens is 1. The van der Waals surface area contributed by atoms with Crippen LogP contribution in [0.5, 0.6) is 0 Å². The van der Waals surface area contributed by atoms with Crippen LogP contribution in [0.1, 0.15) is 32.6 Å². The maximum atomic E-state index is 13.2. The Morgan fingerprint density at radius 3 is 2.75 bits per heavy atom. The largest absolute Gasteiger partial charge is 0.435 e. The first-order valence-corrected chi connectivity index (χ1v) is 4.14. The number of ether oxygens (including phenoxy) is 1. The van der Waals surface area contributed by atoms with Gasteiger partial charge < -0.3 is 4.74 Å².